The van der Waals surface area contributed by atoms with Crippen molar-refractivity contribution in [2.24, 2.45) is 0 Å². The number of ether oxygens (including phenoxy) is 2. The molecule has 1 aliphatic carbocycles. The molecule has 0 spiro atoms. The Bertz CT molecular complexity index is 1330. The van der Waals surface area contributed by atoms with Crippen molar-refractivity contribution < 1.29 is 22.7 Å². The molecule has 1 unspecified atom stereocenters. The first-order valence-electron chi connectivity index (χ1n) is 13.6. The Balaban J connectivity index is 1.41. The van der Waals surface area contributed by atoms with Gasteiger partial charge in [-0.1, -0.05) is 72.8 Å². The third kappa shape index (κ3) is 7.91. The van der Waals surface area contributed by atoms with E-state index in [9.17, 15) is 13.2 Å². The summed E-state index contributed by atoms with van der Waals surface area (Å²) in [4.78, 5) is 13.1. The van der Waals surface area contributed by atoms with E-state index in [4.69, 9.17) is 9.47 Å². The van der Waals surface area contributed by atoms with Crippen LogP contribution in [-0.2, 0) is 26.8 Å². The molecule has 1 atom stereocenters. The van der Waals surface area contributed by atoms with Gasteiger partial charge in [-0.3, -0.25) is 4.79 Å². The van der Waals surface area contributed by atoms with Gasteiger partial charge in [-0.15, -0.1) is 0 Å². The predicted octanol–water partition coefficient (Wildman–Crippen LogP) is 3.99. The standard InChI is InChI=1S/C31H39N3O5S/c1-38-22-27(21-24-11-5-3-6-12-24)34-40(36,37)33-26-17-19-31(20-18-26,25-13-7-4-8-14-25)23-32-30(35)28-15-9-10-16-29(28)39-2/h3-16,26-27,33-34H,17-23H2,1-2H3,(H,32,35)/t26-,27?,31-. The molecular formula is C31H39N3O5S. The molecule has 3 N–H and O–H groups in total. The van der Waals surface area contributed by atoms with Crippen molar-refractivity contribution in [3.8, 4) is 5.75 Å². The molecule has 40 heavy (non-hydrogen) atoms. The van der Waals surface area contributed by atoms with Crippen LogP contribution in [0, 0.1) is 0 Å². The summed E-state index contributed by atoms with van der Waals surface area (Å²) in [6, 6.07) is 26.5. The van der Waals surface area contributed by atoms with Crippen LogP contribution in [0.3, 0.4) is 0 Å². The second kappa shape index (κ2) is 13.9. The number of hydrogen-bond acceptors (Lipinski definition) is 5. The van der Waals surface area contributed by atoms with Crippen molar-refractivity contribution in [3.63, 3.8) is 0 Å². The molecule has 1 aliphatic rings. The molecule has 8 nitrogen and oxygen atoms in total. The average Bonchev–Trinajstić information content (AvgIpc) is 2.97. The molecule has 0 bridgehead atoms. The lowest BCUT2D eigenvalue weighted by atomic mass is 9.68. The van der Waals surface area contributed by atoms with Crippen molar-refractivity contribution in [1.29, 1.82) is 0 Å². The first-order chi connectivity index (χ1) is 19.3. The molecule has 3 aromatic carbocycles. The molecular weight excluding hydrogens is 526 g/mol. The summed E-state index contributed by atoms with van der Waals surface area (Å²) in [5.74, 6) is 0.334. The second-order valence-electron chi connectivity index (χ2n) is 10.4. The van der Waals surface area contributed by atoms with Gasteiger partial charge in [0.1, 0.15) is 5.75 Å². The highest BCUT2D eigenvalue weighted by atomic mass is 32.2. The molecule has 0 heterocycles. The maximum atomic E-state index is 13.1. The summed E-state index contributed by atoms with van der Waals surface area (Å²) in [5.41, 5.74) is 2.35. The topological polar surface area (TPSA) is 106 Å². The summed E-state index contributed by atoms with van der Waals surface area (Å²) in [7, 11) is -0.642. The van der Waals surface area contributed by atoms with Crippen LogP contribution < -0.4 is 19.5 Å². The van der Waals surface area contributed by atoms with Gasteiger partial charge >= 0.3 is 0 Å². The van der Waals surface area contributed by atoms with E-state index < -0.39 is 10.2 Å². The van der Waals surface area contributed by atoms with E-state index in [1.54, 1.807) is 26.4 Å². The molecule has 0 saturated heterocycles. The number of nitrogens with one attached hydrogen (secondary N) is 3. The van der Waals surface area contributed by atoms with E-state index in [-0.39, 0.29) is 30.0 Å². The van der Waals surface area contributed by atoms with E-state index in [0.29, 0.717) is 37.1 Å². The Morgan fingerprint density at radius 1 is 0.925 bits per heavy atom. The highest BCUT2D eigenvalue weighted by molar-refractivity contribution is 7.87. The number of carbonyl (C=O) groups is 1. The van der Waals surface area contributed by atoms with Gasteiger partial charge in [-0.2, -0.15) is 17.9 Å². The highest BCUT2D eigenvalue weighted by Crippen LogP contribution is 2.39. The number of benzene rings is 3. The largest absolute Gasteiger partial charge is 0.496 e. The summed E-state index contributed by atoms with van der Waals surface area (Å²) < 4.78 is 42.5. The molecule has 3 aromatic rings. The number of para-hydroxylation sites is 1. The monoisotopic (exact) mass is 565 g/mol. The Kier molecular flexibility index (Phi) is 10.3. The maximum Gasteiger partial charge on any atom is 0.277 e. The Morgan fingerprint density at radius 3 is 2.20 bits per heavy atom. The van der Waals surface area contributed by atoms with Gasteiger partial charge in [0.05, 0.1) is 25.3 Å². The lowest BCUT2D eigenvalue weighted by molar-refractivity contribution is 0.0932. The predicted molar refractivity (Wildman–Crippen MR) is 157 cm³/mol. The zero-order chi connectivity index (χ0) is 28.4. The Labute approximate surface area is 237 Å². The average molecular weight is 566 g/mol. The zero-order valence-corrected chi connectivity index (χ0v) is 24.0. The van der Waals surface area contributed by atoms with E-state index in [1.165, 1.54) is 0 Å². The summed E-state index contributed by atoms with van der Waals surface area (Å²) >= 11 is 0. The number of amides is 1. The molecule has 4 rings (SSSR count). The highest BCUT2D eigenvalue weighted by Gasteiger charge is 2.38. The third-order valence-electron chi connectivity index (χ3n) is 7.60. The van der Waals surface area contributed by atoms with Gasteiger partial charge in [0.25, 0.3) is 16.1 Å². The second-order valence-corrected chi connectivity index (χ2v) is 11.9. The van der Waals surface area contributed by atoms with Crippen LogP contribution in [0.5, 0.6) is 5.75 Å². The van der Waals surface area contributed by atoms with E-state index in [1.807, 2.05) is 60.7 Å². The van der Waals surface area contributed by atoms with Crippen LogP contribution in [0.2, 0.25) is 0 Å². The number of hydrogen-bond donors (Lipinski definition) is 3. The van der Waals surface area contributed by atoms with Gasteiger partial charge in [-0.05, 0) is 55.4 Å². The molecule has 9 heteroatoms. The molecule has 1 fully saturated rings. The summed E-state index contributed by atoms with van der Waals surface area (Å²) in [6.07, 6.45) is 3.27. The SMILES string of the molecule is COCC(Cc1ccccc1)NS(=O)(=O)N[C@H]1CC[C@](CNC(=O)c2ccccc2OC)(c2ccccc2)CC1. The Hall–Kier alpha value is -3.24. The summed E-state index contributed by atoms with van der Waals surface area (Å²) in [6.45, 7) is 0.710. The molecule has 1 amide bonds. The first kappa shape index (κ1) is 29.7. The van der Waals surface area contributed by atoms with Gasteiger partial charge in [0, 0.05) is 25.1 Å². The van der Waals surface area contributed by atoms with Crippen LogP contribution in [0.4, 0.5) is 0 Å². The molecule has 0 radical (unpaired) electrons. The van der Waals surface area contributed by atoms with Crippen LogP contribution in [0.15, 0.2) is 84.9 Å². The minimum Gasteiger partial charge on any atom is -0.496 e. The van der Waals surface area contributed by atoms with Crippen LogP contribution in [0.25, 0.3) is 0 Å². The van der Waals surface area contributed by atoms with Crippen molar-refractivity contribution in [3.05, 3.63) is 102 Å². The normalized spacial score (nSPS) is 20.0. The van der Waals surface area contributed by atoms with Crippen molar-refractivity contribution in [2.45, 2.75) is 49.6 Å². The summed E-state index contributed by atoms with van der Waals surface area (Å²) in [5, 5.41) is 3.13. The van der Waals surface area contributed by atoms with Crippen molar-refractivity contribution in [1.82, 2.24) is 14.8 Å². The Morgan fingerprint density at radius 2 is 1.55 bits per heavy atom. The molecule has 0 aliphatic heterocycles. The number of methoxy groups -OCH3 is 2. The first-order valence-corrected chi connectivity index (χ1v) is 15.1. The van der Waals surface area contributed by atoms with Crippen molar-refractivity contribution in [2.75, 3.05) is 27.4 Å². The lowest BCUT2D eigenvalue weighted by Gasteiger charge is -2.41. The van der Waals surface area contributed by atoms with Gasteiger partial charge in [0.15, 0.2) is 0 Å². The minimum atomic E-state index is -3.76. The van der Waals surface area contributed by atoms with Crippen molar-refractivity contribution >= 4 is 16.1 Å². The van der Waals surface area contributed by atoms with Gasteiger partial charge in [-0.25, -0.2) is 0 Å². The molecule has 214 valence electrons. The van der Waals surface area contributed by atoms with Gasteiger partial charge in [0.2, 0.25) is 0 Å². The van der Waals surface area contributed by atoms with Gasteiger partial charge < -0.3 is 14.8 Å². The smallest absolute Gasteiger partial charge is 0.277 e. The van der Waals surface area contributed by atoms with E-state index >= 15 is 0 Å². The third-order valence-corrected chi connectivity index (χ3v) is 8.89. The van der Waals surface area contributed by atoms with Crippen LogP contribution in [-0.4, -0.2) is 53.8 Å². The minimum absolute atomic E-state index is 0.192. The quantitative estimate of drug-likeness (QED) is 0.291. The maximum absolute atomic E-state index is 13.1. The van der Waals surface area contributed by atoms with Crippen LogP contribution in [0.1, 0.15) is 47.2 Å². The van der Waals surface area contributed by atoms with Crippen LogP contribution >= 0.6 is 0 Å². The molecule has 1 saturated carbocycles. The number of rotatable bonds is 13. The fourth-order valence-corrected chi connectivity index (χ4v) is 6.86. The fraction of sp³-hybridized carbons (Fsp3) is 0.387. The lowest BCUT2D eigenvalue weighted by Crippen LogP contribution is -2.51. The fourth-order valence-electron chi connectivity index (χ4n) is 5.53. The number of carbonyl (C=O) groups excluding carboxylic acids is 1. The van der Waals surface area contributed by atoms with E-state index in [2.05, 4.69) is 26.9 Å². The molecule has 0 aromatic heterocycles. The van der Waals surface area contributed by atoms with E-state index in [0.717, 1.165) is 24.0 Å². The zero-order valence-electron chi connectivity index (χ0n) is 23.1.